The van der Waals surface area contributed by atoms with Crippen LogP contribution in [0.1, 0.15) is 11.1 Å². The Morgan fingerprint density at radius 2 is 1.57 bits per heavy atom. The van der Waals surface area contributed by atoms with Gasteiger partial charge in [0.15, 0.2) is 0 Å². The molecule has 2 aromatic carbocycles. The number of allylic oxidation sites excluding steroid dienone is 1. The van der Waals surface area contributed by atoms with E-state index in [9.17, 15) is 21.6 Å². The molecule has 0 bridgehead atoms. The van der Waals surface area contributed by atoms with Gasteiger partial charge in [0.1, 0.15) is 11.0 Å². The second kappa shape index (κ2) is 6.26. The summed E-state index contributed by atoms with van der Waals surface area (Å²) in [6, 6.07) is 12.8. The van der Waals surface area contributed by atoms with E-state index in [1.807, 2.05) is 0 Å². The van der Waals surface area contributed by atoms with Crippen LogP contribution in [-0.2, 0) is 16.0 Å². The van der Waals surface area contributed by atoms with Crippen molar-refractivity contribution in [2.24, 2.45) is 0 Å². The van der Waals surface area contributed by atoms with Crippen molar-refractivity contribution in [2.45, 2.75) is 11.1 Å². The number of nitriles is 1. The lowest BCUT2D eigenvalue weighted by Gasteiger charge is -2.06. The summed E-state index contributed by atoms with van der Waals surface area (Å²) in [5.41, 5.74) is -0.659. The van der Waals surface area contributed by atoms with Crippen LogP contribution >= 0.6 is 0 Å². The average molecular weight is 337 g/mol. The molecule has 0 spiro atoms. The van der Waals surface area contributed by atoms with Crippen molar-refractivity contribution in [3.63, 3.8) is 0 Å². The predicted molar refractivity (Wildman–Crippen MR) is 78.7 cm³/mol. The van der Waals surface area contributed by atoms with E-state index in [1.165, 1.54) is 24.3 Å². The van der Waals surface area contributed by atoms with Gasteiger partial charge in [-0.2, -0.15) is 18.4 Å². The van der Waals surface area contributed by atoms with Crippen molar-refractivity contribution in [3.8, 4) is 6.07 Å². The maximum absolute atomic E-state index is 12.5. The van der Waals surface area contributed by atoms with Gasteiger partial charge in [-0.15, -0.1) is 0 Å². The van der Waals surface area contributed by atoms with Crippen LogP contribution < -0.4 is 0 Å². The second-order valence-electron chi connectivity index (χ2n) is 4.56. The fourth-order valence-electron chi connectivity index (χ4n) is 1.82. The van der Waals surface area contributed by atoms with E-state index in [2.05, 4.69) is 0 Å². The molecule has 0 aliphatic rings. The van der Waals surface area contributed by atoms with E-state index in [0.717, 1.165) is 30.3 Å². The maximum atomic E-state index is 12.5. The molecule has 0 aromatic heterocycles. The Morgan fingerprint density at radius 1 is 1.00 bits per heavy atom. The van der Waals surface area contributed by atoms with Crippen LogP contribution in [-0.4, -0.2) is 8.42 Å². The highest BCUT2D eigenvalue weighted by Crippen LogP contribution is 2.29. The molecule has 7 heteroatoms. The van der Waals surface area contributed by atoms with E-state index in [1.54, 1.807) is 12.1 Å². The molecular weight excluding hydrogens is 327 g/mol. The van der Waals surface area contributed by atoms with Gasteiger partial charge < -0.3 is 0 Å². The zero-order valence-corrected chi connectivity index (χ0v) is 12.4. The molecule has 0 aliphatic carbocycles. The Morgan fingerprint density at radius 3 is 2.04 bits per heavy atom. The van der Waals surface area contributed by atoms with Crippen molar-refractivity contribution in [2.75, 3.05) is 0 Å². The van der Waals surface area contributed by atoms with E-state index >= 15 is 0 Å². The summed E-state index contributed by atoms with van der Waals surface area (Å²) < 4.78 is 62.1. The summed E-state index contributed by atoms with van der Waals surface area (Å²) in [6.45, 7) is 0. The minimum atomic E-state index is -4.48. The van der Waals surface area contributed by atoms with Crippen LogP contribution in [0, 0.1) is 11.3 Å². The minimum Gasteiger partial charge on any atom is -0.218 e. The first kappa shape index (κ1) is 16.8. The number of rotatable bonds is 3. The smallest absolute Gasteiger partial charge is 0.218 e. The van der Waals surface area contributed by atoms with Gasteiger partial charge in [0.2, 0.25) is 9.84 Å². The molecule has 3 nitrogen and oxygen atoms in total. The molecule has 0 unspecified atom stereocenters. The van der Waals surface area contributed by atoms with Gasteiger partial charge in [0, 0.05) is 0 Å². The molecular formula is C16H10F3NO2S. The lowest BCUT2D eigenvalue weighted by molar-refractivity contribution is -0.137. The highest BCUT2D eigenvalue weighted by Gasteiger charge is 2.30. The third-order valence-corrected chi connectivity index (χ3v) is 4.67. The first-order valence-electron chi connectivity index (χ1n) is 6.34. The average Bonchev–Trinajstić information content (AvgIpc) is 2.53. The lowest BCUT2D eigenvalue weighted by Crippen LogP contribution is -2.05. The van der Waals surface area contributed by atoms with E-state index in [4.69, 9.17) is 5.26 Å². The molecule has 0 radical (unpaired) electrons. The number of hydrogen-bond acceptors (Lipinski definition) is 3. The van der Waals surface area contributed by atoms with Crippen molar-refractivity contribution in [1.82, 2.24) is 0 Å². The molecule has 2 rings (SSSR count). The van der Waals surface area contributed by atoms with Crippen LogP contribution in [0.25, 0.3) is 6.08 Å². The van der Waals surface area contributed by atoms with Crippen molar-refractivity contribution < 1.29 is 21.6 Å². The largest absolute Gasteiger partial charge is 0.416 e. The Kier molecular flexibility index (Phi) is 4.57. The van der Waals surface area contributed by atoms with Gasteiger partial charge in [0.05, 0.1) is 10.5 Å². The highest BCUT2D eigenvalue weighted by atomic mass is 32.2. The quantitative estimate of drug-likeness (QED) is 0.794. The molecule has 0 N–H and O–H groups in total. The Balaban J connectivity index is 2.42. The minimum absolute atomic E-state index is 0.0558. The number of halogens is 3. The summed E-state index contributed by atoms with van der Waals surface area (Å²) in [7, 11) is -4.01. The third kappa shape index (κ3) is 3.79. The molecule has 0 atom stereocenters. The number of sulfone groups is 1. The van der Waals surface area contributed by atoms with Crippen molar-refractivity contribution >= 4 is 15.9 Å². The predicted octanol–water partition coefficient (Wildman–Crippen LogP) is 4.04. The van der Waals surface area contributed by atoms with Crippen molar-refractivity contribution in [1.29, 1.82) is 5.26 Å². The molecule has 0 amide bonds. The molecule has 0 aliphatic heterocycles. The summed E-state index contributed by atoms with van der Waals surface area (Å²) in [4.78, 5) is -0.594. The topological polar surface area (TPSA) is 57.9 Å². The first-order valence-corrected chi connectivity index (χ1v) is 7.82. The van der Waals surface area contributed by atoms with E-state index in [-0.39, 0.29) is 10.5 Å². The molecule has 0 heterocycles. The Labute approximate surface area is 131 Å². The Hall–Kier alpha value is -2.59. The van der Waals surface area contributed by atoms with Crippen LogP contribution in [0.4, 0.5) is 13.2 Å². The fourth-order valence-corrected chi connectivity index (χ4v) is 3.00. The SMILES string of the molecule is N#CC(=Cc1ccc(C(F)(F)F)cc1)S(=O)(=O)c1ccccc1. The van der Waals surface area contributed by atoms with Crippen molar-refractivity contribution in [3.05, 3.63) is 70.6 Å². The summed E-state index contributed by atoms with van der Waals surface area (Å²) in [5.74, 6) is 0. The van der Waals surface area contributed by atoms with E-state index < -0.39 is 26.5 Å². The number of nitrogens with zero attached hydrogens (tertiary/aromatic N) is 1. The zero-order chi connectivity index (χ0) is 17.1. The van der Waals surface area contributed by atoms with Crippen LogP contribution in [0.3, 0.4) is 0 Å². The first-order chi connectivity index (χ1) is 10.7. The molecule has 2 aromatic rings. The van der Waals surface area contributed by atoms with Gasteiger partial charge >= 0.3 is 6.18 Å². The van der Waals surface area contributed by atoms with E-state index in [0.29, 0.717) is 0 Å². The molecule has 23 heavy (non-hydrogen) atoms. The zero-order valence-electron chi connectivity index (χ0n) is 11.6. The molecule has 118 valence electrons. The number of alkyl halides is 3. The maximum Gasteiger partial charge on any atom is 0.416 e. The van der Waals surface area contributed by atoms with Gasteiger partial charge in [0.25, 0.3) is 0 Å². The Bertz CT molecular complexity index is 862. The van der Waals surface area contributed by atoms with Crippen LogP contribution in [0.2, 0.25) is 0 Å². The summed E-state index contributed by atoms with van der Waals surface area (Å²) in [5, 5.41) is 9.09. The van der Waals surface area contributed by atoms with Crippen LogP contribution in [0.15, 0.2) is 64.4 Å². The monoisotopic (exact) mass is 337 g/mol. The standard InChI is InChI=1S/C16H10F3NO2S/c17-16(18,19)13-8-6-12(7-9-13)10-15(11-20)23(21,22)14-4-2-1-3-5-14/h1-10H. The number of benzene rings is 2. The highest BCUT2D eigenvalue weighted by molar-refractivity contribution is 7.95. The molecule has 0 fully saturated rings. The van der Waals surface area contributed by atoms with Gasteiger partial charge in [-0.1, -0.05) is 30.3 Å². The van der Waals surface area contributed by atoms with Crippen LogP contribution in [0.5, 0.6) is 0 Å². The van der Waals surface area contributed by atoms with Gasteiger partial charge in [-0.3, -0.25) is 0 Å². The van der Waals surface area contributed by atoms with Gasteiger partial charge in [-0.25, -0.2) is 8.42 Å². The third-order valence-electron chi connectivity index (χ3n) is 2.99. The summed E-state index contributed by atoms with van der Waals surface area (Å²) >= 11 is 0. The molecule has 0 saturated carbocycles. The number of hydrogen-bond donors (Lipinski definition) is 0. The lowest BCUT2D eigenvalue weighted by atomic mass is 10.1. The normalized spacial score (nSPS) is 12.7. The summed E-state index contributed by atoms with van der Waals surface area (Å²) in [6.07, 6.45) is -3.43. The van der Waals surface area contributed by atoms with Gasteiger partial charge in [-0.05, 0) is 35.9 Å². The fraction of sp³-hybridized carbons (Fsp3) is 0.0625. The second-order valence-corrected chi connectivity index (χ2v) is 6.47. The molecule has 0 saturated heterocycles.